The van der Waals surface area contributed by atoms with Gasteiger partial charge in [0.25, 0.3) is 0 Å². The van der Waals surface area contributed by atoms with Crippen molar-refractivity contribution in [3.63, 3.8) is 0 Å². The van der Waals surface area contributed by atoms with Crippen LogP contribution in [0.3, 0.4) is 0 Å². The van der Waals surface area contributed by atoms with E-state index in [4.69, 9.17) is 5.73 Å². The zero-order chi connectivity index (χ0) is 11.3. The van der Waals surface area contributed by atoms with Gasteiger partial charge in [0.05, 0.1) is 0 Å². The van der Waals surface area contributed by atoms with Crippen LogP contribution in [0.4, 0.5) is 0 Å². The van der Waals surface area contributed by atoms with Gasteiger partial charge in [0.1, 0.15) is 0 Å². The van der Waals surface area contributed by atoms with Gasteiger partial charge in [-0.1, -0.05) is 13.8 Å². The molecule has 1 heterocycles. The molecule has 0 fully saturated rings. The first-order chi connectivity index (χ1) is 7.19. The summed E-state index contributed by atoms with van der Waals surface area (Å²) in [6.45, 7) is 7.67. The second kappa shape index (κ2) is 6.63. The fourth-order valence-corrected chi connectivity index (χ4v) is 3.23. The Morgan fingerprint density at radius 1 is 1.40 bits per heavy atom. The first-order valence-corrected chi connectivity index (χ1v) is 7.12. The highest BCUT2D eigenvalue weighted by Crippen LogP contribution is 2.27. The first kappa shape index (κ1) is 13.2. The van der Waals surface area contributed by atoms with E-state index in [2.05, 4.69) is 45.4 Å². The zero-order valence-electron chi connectivity index (χ0n) is 9.37. The molecule has 1 atom stereocenters. The number of hydrogen-bond donors (Lipinski definition) is 1. The number of thiophene rings is 1. The molecular formula is C11H19BrN2S. The molecule has 0 saturated heterocycles. The Labute approximate surface area is 105 Å². The Balaban J connectivity index is 2.42. The predicted molar refractivity (Wildman–Crippen MR) is 71.4 cm³/mol. The molecule has 1 rings (SSSR count). The molecule has 0 radical (unpaired) electrons. The van der Waals surface area contributed by atoms with Crippen LogP contribution in [-0.2, 0) is 0 Å². The van der Waals surface area contributed by atoms with E-state index in [0.29, 0.717) is 0 Å². The van der Waals surface area contributed by atoms with Gasteiger partial charge in [-0.3, -0.25) is 0 Å². The SMILES string of the molecule is CCN(CC)CCC(N)c1cscc1Br. The van der Waals surface area contributed by atoms with E-state index in [9.17, 15) is 0 Å². The van der Waals surface area contributed by atoms with Crippen LogP contribution in [0.2, 0.25) is 0 Å². The minimum Gasteiger partial charge on any atom is -0.324 e. The molecule has 0 aromatic carbocycles. The predicted octanol–water partition coefficient (Wildman–Crippen LogP) is 3.24. The van der Waals surface area contributed by atoms with Crippen molar-refractivity contribution < 1.29 is 0 Å². The highest BCUT2D eigenvalue weighted by atomic mass is 79.9. The maximum Gasteiger partial charge on any atom is 0.0330 e. The van der Waals surface area contributed by atoms with Crippen LogP contribution in [0.15, 0.2) is 15.2 Å². The molecule has 0 bridgehead atoms. The number of nitrogens with two attached hydrogens (primary N) is 1. The minimum atomic E-state index is 0.159. The average molecular weight is 291 g/mol. The molecule has 0 amide bonds. The molecule has 2 N–H and O–H groups in total. The zero-order valence-corrected chi connectivity index (χ0v) is 11.8. The number of rotatable bonds is 6. The lowest BCUT2D eigenvalue weighted by molar-refractivity contribution is 0.291. The summed E-state index contributed by atoms with van der Waals surface area (Å²) in [7, 11) is 0. The molecular weight excluding hydrogens is 272 g/mol. The lowest BCUT2D eigenvalue weighted by Crippen LogP contribution is -2.27. The summed E-state index contributed by atoms with van der Waals surface area (Å²) >= 11 is 5.22. The van der Waals surface area contributed by atoms with E-state index in [1.54, 1.807) is 11.3 Å². The van der Waals surface area contributed by atoms with Gasteiger partial charge >= 0.3 is 0 Å². The van der Waals surface area contributed by atoms with Crippen LogP contribution in [0.1, 0.15) is 31.9 Å². The van der Waals surface area contributed by atoms with Crippen LogP contribution in [-0.4, -0.2) is 24.5 Å². The Hall–Kier alpha value is 0.100. The third kappa shape index (κ3) is 3.87. The lowest BCUT2D eigenvalue weighted by Gasteiger charge is -2.20. The standard InChI is InChI=1S/C11H19BrN2S/c1-3-14(4-2)6-5-11(13)9-7-15-8-10(9)12/h7-8,11H,3-6,13H2,1-2H3. The van der Waals surface area contributed by atoms with E-state index in [1.165, 1.54) is 5.56 Å². The smallest absolute Gasteiger partial charge is 0.0330 e. The van der Waals surface area contributed by atoms with Crippen LogP contribution in [0.5, 0.6) is 0 Å². The molecule has 1 unspecified atom stereocenters. The molecule has 86 valence electrons. The summed E-state index contributed by atoms with van der Waals surface area (Å²) < 4.78 is 1.15. The highest BCUT2D eigenvalue weighted by molar-refractivity contribution is 9.10. The summed E-state index contributed by atoms with van der Waals surface area (Å²) in [6.07, 6.45) is 1.02. The number of halogens is 1. The molecule has 0 aliphatic carbocycles. The second-order valence-electron chi connectivity index (χ2n) is 3.60. The van der Waals surface area contributed by atoms with Crippen molar-refractivity contribution in [2.45, 2.75) is 26.3 Å². The van der Waals surface area contributed by atoms with Gasteiger partial charge in [0.15, 0.2) is 0 Å². The van der Waals surface area contributed by atoms with Crippen LogP contribution in [0.25, 0.3) is 0 Å². The van der Waals surface area contributed by atoms with E-state index in [0.717, 1.165) is 30.5 Å². The van der Waals surface area contributed by atoms with Crippen molar-refractivity contribution in [3.8, 4) is 0 Å². The summed E-state index contributed by atoms with van der Waals surface area (Å²) in [5, 5.41) is 4.23. The molecule has 0 saturated carbocycles. The maximum atomic E-state index is 6.15. The van der Waals surface area contributed by atoms with Crippen LogP contribution in [0, 0.1) is 0 Å². The van der Waals surface area contributed by atoms with Gasteiger partial charge in [-0.15, -0.1) is 0 Å². The highest BCUT2D eigenvalue weighted by Gasteiger charge is 2.11. The molecule has 1 aromatic rings. The average Bonchev–Trinajstić information content (AvgIpc) is 2.66. The van der Waals surface area contributed by atoms with E-state index in [-0.39, 0.29) is 6.04 Å². The van der Waals surface area contributed by atoms with Gasteiger partial charge in [0, 0.05) is 15.9 Å². The molecule has 0 spiro atoms. The number of hydrogen-bond acceptors (Lipinski definition) is 3. The minimum absolute atomic E-state index is 0.159. The van der Waals surface area contributed by atoms with E-state index < -0.39 is 0 Å². The molecule has 0 aliphatic rings. The summed E-state index contributed by atoms with van der Waals surface area (Å²) in [4.78, 5) is 2.40. The van der Waals surface area contributed by atoms with Crippen molar-refractivity contribution in [1.82, 2.24) is 4.90 Å². The fraction of sp³-hybridized carbons (Fsp3) is 0.636. The topological polar surface area (TPSA) is 29.3 Å². The Kier molecular flexibility index (Phi) is 5.82. The third-order valence-corrected chi connectivity index (χ3v) is 4.44. The summed E-state index contributed by atoms with van der Waals surface area (Å²) in [5.74, 6) is 0. The van der Waals surface area contributed by atoms with E-state index in [1.807, 2.05) is 0 Å². The molecule has 1 aromatic heterocycles. The Bertz CT molecular complexity index is 284. The van der Waals surface area contributed by atoms with Crippen molar-refractivity contribution in [2.24, 2.45) is 5.73 Å². The van der Waals surface area contributed by atoms with Crippen molar-refractivity contribution in [1.29, 1.82) is 0 Å². The fourth-order valence-electron chi connectivity index (χ4n) is 1.57. The monoisotopic (exact) mass is 290 g/mol. The molecule has 0 aliphatic heterocycles. The van der Waals surface area contributed by atoms with Gasteiger partial charge in [0.2, 0.25) is 0 Å². The Morgan fingerprint density at radius 2 is 2.07 bits per heavy atom. The van der Waals surface area contributed by atoms with Gasteiger partial charge in [-0.05, 0) is 52.9 Å². The largest absolute Gasteiger partial charge is 0.324 e. The van der Waals surface area contributed by atoms with Crippen LogP contribution < -0.4 is 5.73 Å². The van der Waals surface area contributed by atoms with E-state index >= 15 is 0 Å². The van der Waals surface area contributed by atoms with Crippen molar-refractivity contribution in [2.75, 3.05) is 19.6 Å². The summed E-state index contributed by atoms with van der Waals surface area (Å²) in [5.41, 5.74) is 7.39. The Morgan fingerprint density at radius 3 is 2.53 bits per heavy atom. The third-order valence-electron chi connectivity index (χ3n) is 2.69. The maximum absolute atomic E-state index is 6.15. The van der Waals surface area contributed by atoms with Gasteiger partial charge in [-0.2, -0.15) is 11.3 Å². The lowest BCUT2D eigenvalue weighted by atomic mass is 10.1. The summed E-state index contributed by atoms with van der Waals surface area (Å²) in [6, 6.07) is 0.159. The quantitative estimate of drug-likeness (QED) is 0.872. The molecule has 2 nitrogen and oxygen atoms in total. The molecule has 4 heteroatoms. The van der Waals surface area contributed by atoms with Gasteiger partial charge in [-0.25, -0.2) is 0 Å². The van der Waals surface area contributed by atoms with Crippen LogP contribution >= 0.6 is 27.3 Å². The van der Waals surface area contributed by atoms with Crippen molar-refractivity contribution >= 4 is 27.3 Å². The normalized spacial score (nSPS) is 13.4. The molecule has 15 heavy (non-hydrogen) atoms. The van der Waals surface area contributed by atoms with Gasteiger partial charge < -0.3 is 10.6 Å². The number of nitrogens with zero attached hydrogens (tertiary/aromatic N) is 1. The first-order valence-electron chi connectivity index (χ1n) is 5.38. The van der Waals surface area contributed by atoms with Crippen molar-refractivity contribution in [3.05, 3.63) is 20.8 Å². The second-order valence-corrected chi connectivity index (χ2v) is 5.20.